The van der Waals surface area contributed by atoms with Crippen LogP contribution in [0, 0.1) is 5.92 Å². The van der Waals surface area contributed by atoms with Crippen molar-refractivity contribution >= 4 is 10.4 Å². The molecule has 0 N–H and O–H groups in total. The average Bonchev–Trinajstić information content (AvgIpc) is 2.57. The quantitative estimate of drug-likeness (QED) is 0.211. The Balaban J connectivity index is -0.000000405. The van der Waals surface area contributed by atoms with Crippen LogP contribution in [0.2, 0.25) is 0 Å². The molecule has 1 fully saturated rings. The predicted molar refractivity (Wildman–Crippen MR) is 61.4 cm³/mol. The van der Waals surface area contributed by atoms with Gasteiger partial charge < -0.3 is 9.11 Å². The maximum Gasteiger partial charge on any atom is 1.00 e. The number of rotatable bonds is 5. The Morgan fingerprint density at radius 2 is 1.76 bits per heavy atom. The van der Waals surface area contributed by atoms with E-state index in [0.29, 0.717) is 12.5 Å². The van der Waals surface area contributed by atoms with Crippen LogP contribution >= 0.6 is 0 Å². The molecule has 1 saturated heterocycles. The van der Waals surface area contributed by atoms with Gasteiger partial charge in [0.25, 0.3) is 0 Å². The van der Waals surface area contributed by atoms with Crippen molar-refractivity contribution in [2.45, 2.75) is 52.1 Å². The summed E-state index contributed by atoms with van der Waals surface area (Å²) in [4.78, 5) is 9.78. The molecule has 2 atom stereocenters. The second-order valence-corrected chi connectivity index (χ2v) is 4.92. The summed E-state index contributed by atoms with van der Waals surface area (Å²) in [6.07, 6.45) is 5.68. The monoisotopic (exact) mass is 346 g/mol. The summed E-state index contributed by atoms with van der Waals surface area (Å²) in [5.41, 5.74) is 0. The topological polar surface area (TPSA) is 117 Å². The van der Waals surface area contributed by atoms with Gasteiger partial charge in [0.05, 0.1) is 6.61 Å². The van der Waals surface area contributed by atoms with Crippen LogP contribution in [0.4, 0.5) is 0 Å². The summed E-state index contributed by atoms with van der Waals surface area (Å²) in [6, 6.07) is 0. The van der Waals surface area contributed by atoms with Crippen LogP contribution in [0.15, 0.2) is 0 Å². The molecule has 0 aromatic heterocycles. The van der Waals surface area contributed by atoms with Crippen LogP contribution in [0.5, 0.6) is 0 Å². The van der Waals surface area contributed by atoms with E-state index in [2.05, 4.69) is 28.8 Å². The van der Waals surface area contributed by atoms with Gasteiger partial charge in [0, 0.05) is 16.8 Å². The number of unbranched alkanes of at least 4 members (excludes halogenated alkanes) is 1. The van der Waals surface area contributed by atoms with E-state index in [1.54, 1.807) is 0 Å². The van der Waals surface area contributed by atoms with Crippen LogP contribution in [0.25, 0.3) is 0 Å². The van der Waals surface area contributed by atoms with Crippen LogP contribution < -0.4 is 59.1 Å². The number of hydrogen-bond acceptors (Lipinski definition) is 8. The molecule has 0 spiro atoms. The van der Waals surface area contributed by atoms with Crippen molar-refractivity contribution in [2.75, 3.05) is 6.61 Å². The average molecular weight is 346 g/mol. The third-order valence-corrected chi connectivity index (χ3v) is 2.70. The minimum atomic E-state index is -5.17. The molecule has 8 nitrogen and oxygen atoms in total. The Morgan fingerprint density at radius 1 is 1.19 bits per heavy atom. The first kappa shape index (κ1) is 27.6. The minimum absolute atomic E-state index is 0. The molecule has 11 heteroatoms. The second kappa shape index (κ2) is 16.6. The van der Waals surface area contributed by atoms with Gasteiger partial charge in [0.2, 0.25) is 0 Å². The maximum atomic E-state index is 8.52. The van der Waals surface area contributed by atoms with Gasteiger partial charge in [-0.15, -0.1) is 0 Å². The molecule has 1 heterocycles. The molecular weight excluding hydrogens is 326 g/mol. The van der Waals surface area contributed by atoms with Gasteiger partial charge in [0.1, 0.15) is 6.10 Å². The molecule has 0 aromatic rings. The van der Waals surface area contributed by atoms with E-state index in [9.17, 15) is 0 Å². The van der Waals surface area contributed by atoms with Crippen molar-refractivity contribution in [1.82, 2.24) is 0 Å². The molecule has 0 amide bonds. The van der Waals surface area contributed by atoms with Crippen LogP contribution in [0.1, 0.15) is 46.0 Å². The van der Waals surface area contributed by atoms with Gasteiger partial charge in [-0.3, -0.25) is 8.42 Å². The van der Waals surface area contributed by atoms with Gasteiger partial charge in [-0.2, -0.15) is 0 Å². The molecule has 1 aliphatic heterocycles. The van der Waals surface area contributed by atoms with Crippen molar-refractivity contribution in [1.29, 1.82) is 0 Å². The molecule has 1 aliphatic rings. The third-order valence-electron chi connectivity index (χ3n) is 2.70. The van der Waals surface area contributed by atoms with Crippen LogP contribution in [-0.2, 0) is 30.3 Å². The zero-order valence-corrected chi connectivity index (χ0v) is 17.9. The van der Waals surface area contributed by atoms with Crippen molar-refractivity contribution in [3.05, 3.63) is 0 Å². The molecule has 116 valence electrons. The zero-order chi connectivity index (χ0) is 14.7. The zero-order valence-electron chi connectivity index (χ0n) is 13.1. The number of hydrogen-bond donors (Lipinski definition) is 0. The fourth-order valence-corrected chi connectivity index (χ4v) is 1.77. The maximum absolute atomic E-state index is 8.52. The van der Waals surface area contributed by atoms with E-state index in [0.717, 1.165) is 12.8 Å². The molecule has 21 heavy (non-hydrogen) atoms. The SMILES string of the molecule is CCCCC(CC)C1CCOOOO1.O=S(=O)([O-])[O-].[Na+].[Na+]. The molecule has 0 aromatic carbocycles. The van der Waals surface area contributed by atoms with Gasteiger partial charge in [-0.25, -0.2) is 9.78 Å². The second-order valence-electron chi connectivity index (χ2n) is 4.10. The van der Waals surface area contributed by atoms with Gasteiger partial charge in [-0.05, 0) is 22.4 Å². The summed E-state index contributed by atoms with van der Waals surface area (Å²) in [5, 5.41) is 8.75. The fourth-order valence-electron chi connectivity index (χ4n) is 1.77. The smallest absolute Gasteiger partial charge is 0.759 e. The molecular formula is C10H20Na2O8S. The van der Waals surface area contributed by atoms with E-state index in [-0.39, 0.29) is 65.2 Å². The third kappa shape index (κ3) is 19.7. The summed E-state index contributed by atoms with van der Waals surface area (Å²) < 4.78 is 34.1. The van der Waals surface area contributed by atoms with E-state index in [4.69, 9.17) is 22.4 Å². The van der Waals surface area contributed by atoms with E-state index >= 15 is 0 Å². The van der Waals surface area contributed by atoms with E-state index in [1.807, 2.05) is 0 Å². The molecule has 0 saturated carbocycles. The van der Waals surface area contributed by atoms with Crippen LogP contribution in [0.3, 0.4) is 0 Å². The first-order valence-corrected chi connectivity index (χ1v) is 7.50. The van der Waals surface area contributed by atoms with Gasteiger partial charge in [-0.1, -0.05) is 33.1 Å². The first-order chi connectivity index (χ1) is 8.88. The Morgan fingerprint density at radius 3 is 2.24 bits per heavy atom. The van der Waals surface area contributed by atoms with E-state index in [1.165, 1.54) is 19.3 Å². The fraction of sp³-hybridized carbons (Fsp3) is 1.00. The van der Waals surface area contributed by atoms with Gasteiger partial charge >= 0.3 is 59.1 Å². The molecule has 0 aliphatic carbocycles. The predicted octanol–water partition coefficient (Wildman–Crippen LogP) is -4.54. The molecule has 1 rings (SSSR count). The molecule has 2 unspecified atom stereocenters. The molecule has 0 radical (unpaired) electrons. The Hall–Kier alpha value is 1.71. The summed E-state index contributed by atoms with van der Waals surface area (Å²) in [7, 11) is -5.17. The summed E-state index contributed by atoms with van der Waals surface area (Å²) >= 11 is 0. The van der Waals surface area contributed by atoms with Crippen molar-refractivity contribution in [2.24, 2.45) is 5.92 Å². The molecule has 0 bridgehead atoms. The largest absolute Gasteiger partial charge is 1.00 e. The first-order valence-electron chi connectivity index (χ1n) is 6.16. The van der Waals surface area contributed by atoms with Crippen molar-refractivity contribution in [3.8, 4) is 0 Å². The normalized spacial score (nSPS) is 19.9. The van der Waals surface area contributed by atoms with Crippen LogP contribution in [-0.4, -0.2) is 30.2 Å². The van der Waals surface area contributed by atoms with Crippen molar-refractivity contribution < 1.29 is 96.5 Å². The Kier molecular flexibility index (Phi) is 21.7. The Labute approximate surface area is 170 Å². The van der Waals surface area contributed by atoms with Crippen molar-refractivity contribution in [3.63, 3.8) is 0 Å². The Bertz CT molecular complexity index is 298. The summed E-state index contributed by atoms with van der Waals surface area (Å²) in [5.74, 6) is 0.542. The van der Waals surface area contributed by atoms with Gasteiger partial charge in [0.15, 0.2) is 0 Å². The van der Waals surface area contributed by atoms with E-state index < -0.39 is 10.4 Å². The minimum Gasteiger partial charge on any atom is -0.759 e. The standard InChI is InChI=1S/C10H20O4.2Na.H2O4S/c1-3-5-6-9(4-2)10-7-8-11-13-14-12-10;;;1-5(2,3)4/h9-10H,3-8H2,1-2H3;;;(H2,1,2,3,4)/q;2*+1;/p-2. The summed E-state index contributed by atoms with van der Waals surface area (Å²) in [6.45, 7) is 4.91.